The number of nitrogens with zero attached hydrogens (tertiary/aromatic N) is 4. The highest BCUT2D eigenvalue weighted by atomic mass is 79.9. The lowest BCUT2D eigenvalue weighted by Crippen LogP contribution is -2.46. The number of pyridine rings is 1. The van der Waals surface area contributed by atoms with Gasteiger partial charge in [-0.2, -0.15) is 4.31 Å². The highest BCUT2D eigenvalue weighted by Gasteiger charge is 2.27. The van der Waals surface area contributed by atoms with Gasteiger partial charge in [-0.3, -0.25) is 4.90 Å². The van der Waals surface area contributed by atoms with Crippen molar-refractivity contribution in [3.63, 3.8) is 0 Å². The maximum Gasteiger partial charge on any atom is 0.244 e. The number of hydrogen-bond donors (Lipinski definition) is 0. The highest BCUT2D eigenvalue weighted by molar-refractivity contribution is 9.11. The third kappa shape index (κ3) is 4.37. The summed E-state index contributed by atoms with van der Waals surface area (Å²) in [5.41, 5.74) is 0. The van der Waals surface area contributed by atoms with Gasteiger partial charge in [-0.25, -0.2) is 13.4 Å². The summed E-state index contributed by atoms with van der Waals surface area (Å²) in [5.74, 6) is 0.855. The van der Waals surface area contributed by atoms with E-state index in [0.29, 0.717) is 18.0 Å². The van der Waals surface area contributed by atoms with E-state index < -0.39 is 10.0 Å². The quantitative estimate of drug-likeness (QED) is 0.671. The second kappa shape index (κ2) is 8.16. The van der Waals surface area contributed by atoms with E-state index in [1.54, 1.807) is 21.7 Å². The molecule has 0 amide bonds. The number of thiophene rings is 1. The molecule has 146 valence electrons. The Hall–Kier alpha value is -1.00. The molecule has 4 heterocycles. The number of piperazine rings is 1. The van der Waals surface area contributed by atoms with E-state index in [4.69, 9.17) is 0 Å². The SMILES string of the molecule is O=S(=O)(c1ccc(N2CCN(Cc3ccc(Br)s3)CC2)nc1)N1CCCC1. The molecule has 9 heteroatoms. The maximum absolute atomic E-state index is 12.6. The van der Waals surface area contributed by atoms with Crippen LogP contribution < -0.4 is 4.90 Å². The van der Waals surface area contributed by atoms with Crippen LogP contribution >= 0.6 is 27.3 Å². The Bertz CT molecular complexity index is 871. The Morgan fingerprint density at radius 2 is 1.74 bits per heavy atom. The first-order valence-corrected chi connectivity index (χ1v) is 12.2. The van der Waals surface area contributed by atoms with E-state index in [1.165, 1.54) is 14.9 Å². The molecule has 0 spiro atoms. The van der Waals surface area contributed by atoms with Crippen molar-refractivity contribution in [1.82, 2.24) is 14.2 Å². The summed E-state index contributed by atoms with van der Waals surface area (Å²) in [4.78, 5) is 10.8. The lowest BCUT2D eigenvalue weighted by Gasteiger charge is -2.35. The van der Waals surface area contributed by atoms with Crippen LogP contribution in [0.3, 0.4) is 0 Å². The molecule has 0 N–H and O–H groups in total. The third-order valence-electron chi connectivity index (χ3n) is 5.13. The summed E-state index contributed by atoms with van der Waals surface area (Å²) in [7, 11) is -3.39. The number of halogens is 1. The smallest absolute Gasteiger partial charge is 0.244 e. The summed E-state index contributed by atoms with van der Waals surface area (Å²) in [6.07, 6.45) is 3.40. The average Bonchev–Trinajstić information content (AvgIpc) is 3.35. The number of sulfonamides is 1. The lowest BCUT2D eigenvalue weighted by molar-refractivity contribution is 0.251. The fourth-order valence-electron chi connectivity index (χ4n) is 3.58. The molecule has 0 saturated carbocycles. The van der Waals surface area contributed by atoms with Crippen LogP contribution in [-0.2, 0) is 16.6 Å². The standard InChI is InChI=1S/C18H23BrN4O2S2/c19-17-5-3-15(26-17)14-21-9-11-22(12-10-21)18-6-4-16(13-20-18)27(24,25)23-7-1-2-8-23/h3-6,13H,1-2,7-12,14H2. The van der Waals surface area contributed by atoms with Crippen LogP contribution in [-0.4, -0.2) is 61.9 Å². The average molecular weight is 471 g/mol. The Balaban J connectivity index is 1.36. The minimum Gasteiger partial charge on any atom is -0.354 e. The normalized spacial score (nSPS) is 19.7. The van der Waals surface area contributed by atoms with Gasteiger partial charge in [0.25, 0.3) is 0 Å². The molecular formula is C18H23BrN4O2S2. The Morgan fingerprint density at radius 3 is 2.33 bits per heavy atom. The molecule has 2 aromatic heterocycles. The number of rotatable bonds is 5. The predicted octanol–water partition coefficient (Wildman–Crippen LogP) is 3.01. The van der Waals surface area contributed by atoms with Crippen LogP contribution in [0.4, 0.5) is 5.82 Å². The molecule has 0 aromatic carbocycles. The molecule has 2 fully saturated rings. The number of hydrogen-bond acceptors (Lipinski definition) is 6. The van der Waals surface area contributed by atoms with Gasteiger partial charge >= 0.3 is 0 Å². The summed E-state index contributed by atoms with van der Waals surface area (Å²) in [6.45, 7) is 5.97. The van der Waals surface area contributed by atoms with Crippen LogP contribution in [0.15, 0.2) is 39.1 Å². The van der Waals surface area contributed by atoms with Gasteiger partial charge in [0.2, 0.25) is 10.0 Å². The van der Waals surface area contributed by atoms with E-state index in [1.807, 2.05) is 6.07 Å². The van der Waals surface area contributed by atoms with Gasteiger partial charge in [-0.05, 0) is 53.0 Å². The molecule has 4 rings (SSSR count). The van der Waals surface area contributed by atoms with Crippen molar-refractivity contribution >= 4 is 43.1 Å². The molecule has 0 unspecified atom stereocenters. The van der Waals surface area contributed by atoms with Crippen LogP contribution in [0.2, 0.25) is 0 Å². The first kappa shape index (κ1) is 19.3. The molecule has 0 atom stereocenters. The molecular weight excluding hydrogens is 448 g/mol. The molecule has 0 aliphatic carbocycles. The molecule has 0 bridgehead atoms. The van der Waals surface area contributed by atoms with Gasteiger partial charge in [-0.15, -0.1) is 11.3 Å². The van der Waals surface area contributed by atoms with E-state index in [2.05, 4.69) is 42.8 Å². The molecule has 6 nitrogen and oxygen atoms in total. The van der Waals surface area contributed by atoms with Crippen molar-refractivity contribution in [3.05, 3.63) is 39.1 Å². The van der Waals surface area contributed by atoms with Crippen LogP contribution in [0.5, 0.6) is 0 Å². The van der Waals surface area contributed by atoms with Crippen molar-refractivity contribution in [2.24, 2.45) is 0 Å². The third-order valence-corrected chi connectivity index (χ3v) is 8.62. The molecule has 2 aromatic rings. The second-order valence-electron chi connectivity index (χ2n) is 6.93. The zero-order chi connectivity index (χ0) is 18.9. The second-order valence-corrected chi connectivity index (χ2v) is 11.4. The largest absolute Gasteiger partial charge is 0.354 e. The van der Waals surface area contributed by atoms with E-state index in [9.17, 15) is 8.42 Å². The Kier molecular flexibility index (Phi) is 5.84. The van der Waals surface area contributed by atoms with E-state index in [0.717, 1.165) is 51.4 Å². The Morgan fingerprint density at radius 1 is 1.00 bits per heavy atom. The zero-order valence-corrected chi connectivity index (χ0v) is 18.3. The van der Waals surface area contributed by atoms with Crippen molar-refractivity contribution in [2.75, 3.05) is 44.2 Å². The molecule has 27 heavy (non-hydrogen) atoms. The summed E-state index contributed by atoms with van der Waals surface area (Å²) in [5, 5.41) is 0. The fraction of sp³-hybridized carbons (Fsp3) is 0.500. The molecule has 0 radical (unpaired) electrons. The Labute approximate surface area is 173 Å². The highest BCUT2D eigenvalue weighted by Crippen LogP contribution is 2.25. The lowest BCUT2D eigenvalue weighted by atomic mass is 10.3. The minimum absolute atomic E-state index is 0.301. The van der Waals surface area contributed by atoms with E-state index in [-0.39, 0.29) is 0 Å². The van der Waals surface area contributed by atoms with Crippen LogP contribution in [0, 0.1) is 0 Å². The van der Waals surface area contributed by atoms with Crippen molar-refractivity contribution in [3.8, 4) is 0 Å². The topological polar surface area (TPSA) is 56.8 Å². The summed E-state index contributed by atoms with van der Waals surface area (Å²) >= 11 is 5.30. The minimum atomic E-state index is -3.39. The number of aromatic nitrogens is 1. The van der Waals surface area contributed by atoms with Gasteiger partial charge in [0, 0.05) is 56.9 Å². The van der Waals surface area contributed by atoms with Crippen molar-refractivity contribution < 1.29 is 8.42 Å². The van der Waals surface area contributed by atoms with Gasteiger partial charge in [-0.1, -0.05) is 0 Å². The molecule has 2 aliphatic heterocycles. The summed E-state index contributed by atoms with van der Waals surface area (Å²) < 4.78 is 27.9. The van der Waals surface area contributed by atoms with Crippen molar-refractivity contribution in [2.45, 2.75) is 24.3 Å². The first-order valence-electron chi connectivity index (χ1n) is 9.20. The van der Waals surface area contributed by atoms with Gasteiger partial charge in [0.15, 0.2) is 0 Å². The molecule has 2 saturated heterocycles. The first-order chi connectivity index (χ1) is 13.0. The monoisotopic (exact) mass is 470 g/mol. The summed E-state index contributed by atoms with van der Waals surface area (Å²) in [6, 6.07) is 7.81. The van der Waals surface area contributed by atoms with E-state index >= 15 is 0 Å². The zero-order valence-electron chi connectivity index (χ0n) is 15.1. The van der Waals surface area contributed by atoms with Crippen LogP contribution in [0.1, 0.15) is 17.7 Å². The molecule has 2 aliphatic rings. The van der Waals surface area contributed by atoms with Crippen LogP contribution in [0.25, 0.3) is 0 Å². The van der Waals surface area contributed by atoms with Gasteiger partial charge < -0.3 is 4.90 Å². The van der Waals surface area contributed by atoms with Gasteiger partial charge in [0.1, 0.15) is 10.7 Å². The predicted molar refractivity (Wildman–Crippen MR) is 112 cm³/mol. The van der Waals surface area contributed by atoms with Crippen molar-refractivity contribution in [1.29, 1.82) is 0 Å². The van der Waals surface area contributed by atoms with Gasteiger partial charge in [0.05, 0.1) is 3.79 Å². The fourth-order valence-corrected chi connectivity index (χ4v) is 6.57. The number of anilines is 1. The maximum atomic E-state index is 12.6.